The molecular weight excluding hydrogens is 200 g/mol. The topological polar surface area (TPSA) is 43.6 Å². The molecule has 0 saturated heterocycles. The van der Waals surface area contributed by atoms with E-state index in [-0.39, 0.29) is 12.6 Å². The third-order valence-electron chi connectivity index (χ3n) is 1.70. The predicted molar refractivity (Wildman–Crippen MR) is 53.5 cm³/mol. The van der Waals surface area contributed by atoms with Gasteiger partial charge in [-0.2, -0.15) is 0 Å². The van der Waals surface area contributed by atoms with Gasteiger partial charge in [0.05, 0.1) is 6.20 Å². The Balaban J connectivity index is 2.29. The fraction of sp³-hybridized carbons (Fsp3) is 0.111. The van der Waals surface area contributed by atoms with Gasteiger partial charge in [0.15, 0.2) is 0 Å². The molecule has 0 aliphatic heterocycles. The Morgan fingerprint density at radius 2 is 2.64 bits per heavy atom. The number of thiazole rings is 1. The predicted octanol–water partition coefficient (Wildman–Crippen LogP) is 1.74. The van der Waals surface area contributed by atoms with E-state index in [1.807, 2.05) is 0 Å². The van der Waals surface area contributed by atoms with Crippen molar-refractivity contribution in [2.24, 2.45) is 0 Å². The molecule has 72 valence electrons. The van der Waals surface area contributed by atoms with Crippen LogP contribution < -0.4 is 0 Å². The average molecular weight is 208 g/mol. The van der Waals surface area contributed by atoms with E-state index >= 15 is 0 Å². The highest BCUT2D eigenvalue weighted by atomic mass is 32.1. The van der Waals surface area contributed by atoms with Gasteiger partial charge in [0.2, 0.25) is 0 Å². The molecule has 0 spiro atoms. The molecule has 2 aromatic heterocycles. The Kier molecular flexibility index (Phi) is 2.32. The molecule has 14 heavy (non-hydrogen) atoms. The summed E-state index contributed by atoms with van der Waals surface area (Å²) < 4.78 is 6.62. The normalized spacial score (nSPS) is 10.3. The van der Waals surface area contributed by atoms with Crippen molar-refractivity contribution in [2.75, 3.05) is 6.61 Å². The summed E-state index contributed by atoms with van der Waals surface area (Å²) in [5.74, 6) is -0.353. The van der Waals surface area contributed by atoms with Crippen LogP contribution in [-0.2, 0) is 4.74 Å². The van der Waals surface area contributed by atoms with Gasteiger partial charge >= 0.3 is 5.97 Å². The number of carbonyl (C=O) groups is 1. The highest BCUT2D eigenvalue weighted by Crippen LogP contribution is 2.16. The summed E-state index contributed by atoms with van der Waals surface area (Å²) >= 11 is 1.46. The quantitative estimate of drug-likeness (QED) is 0.570. The zero-order chi connectivity index (χ0) is 9.97. The number of hydrogen-bond acceptors (Lipinski definition) is 4. The number of hydrogen-bond donors (Lipinski definition) is 0. The summed E-state index contributed by atoms with van der Waals surface area (Å²) in [4.78, 5) is 16.3. The van der Waals surface area contributed by atoms with Crippen LogP contribution >= 0.6 is 11.3 Å². The molecule has 0 bridgehead atoms. The van der Waals surface area contributed by atoms with Crippen molar-refractivity contribution < 1.29 is 9.53 Å². The SMILES string of the molecule is C=CCOC(=O)c1csc2cncn12. The molecule has 0 fully saturated rings. The van der Waals surface area contributed by atoms with Crippen LogP contribution in [0.2, 0.25) is 0 Å². The van der Waals surface area contributed by atoms with E-state index in [1.165, 1.54) is 17.4 Å². The molecule has 0 N–H and O–H groups in total. The minimum Gasteiger partial charge on any atom is -0.457 e. The van der Waals surface area contributed by atoms with Crippen LogP contribution in [-0.4, -0.2) is 22.0 Å². The van der Waals surface area contributed by atoms with Crippen LogP contribution in [0.1, 0.15) is 10.5 Å². The van der Waals surface area contributed by atoms with Crippen LogP contribution in [0.4, 0.5) is 0 Å². The smallest absolute Gasteiger partial charge is 0.356 e. The number of imidazole rings is 1. The number of nitrogens with zero attached hydrogens (tertiary/aromatic N) is 2. The summed E-state index contributed by atoms with van der Waals surface area (Å²) in [7, 11) is 0. The molecule has 0 radical (unpaired) electrons. The molecule has 0 saturated carbocycles. The standard InChI is InChI=1S/C9H8N2O2S/c1-2-3-13-9(12)7-5-14-8-4-10-6-11(7)8/h2,4-6H,1,3H2. The van der Waals surface area contributed by atoms with Crippen molar-refractivity contribution in [3.8, 4) is 0 Å². The largest absolute Gasteiger partial charge is 0.457 e. The highest BCUT2D eigenvalue weighted by Gasteiger charge is 2.12. The first-order valence-corrected chi connectivity index (χ1v) is 4.88. The number of carbonyl (C=O) groups excluding carboxylic acids is 1. The summed E-state index contributed by atoms with van der Waals surface area (Å²) in [6, 6.07) is 0. The van der Waals surface area contributed by atoms with E-state index < -0.39 is 0 Å². The molecule has 2 rings (SSSR count). The van der Waals surface area contributed by atoms with Crippen LogP contribution in [0.3, 0.4) is 0 Å². The lowest BCUT2D eigenvalue weighted by atomic mass is 10.5. The van der Waals surface area contributed by atoms with E-state index in [0.29, 0.717) is 5.69 Å². The Morgan fingerprint density at radius 3 is 3.43 bits per heavy atom. The van der Waals surface area contributed by atoms with Crippen LogP contribution in [0.5, 0.6) is 0 Å². The summed E-state index contributed by atoms with van der Waals surface area (Å²) in [6.45, 7) is 3.70. The Labute approximate surface area is 84.5 Å². The van der Waals surface area contributed by atoms with Gasteiger partial charge < -0.3 is 4.74 Å². The van der Waals surface area contributed by atoms with E-state index in [1.54, 1.807) is 22.3 Å². The fourth-order valence-electron chi connectivity index (χ4n) is 1.08. The molecule has 2 aromatic rings. The first-order chi connectivity index (χ1) is 6.83. The number of aromatic nitrogens is 2. The number of rotatable bonds is 3. The fourth-order valence-corrected chi connectivity index (χ4v) is 1.90. The van der Waals surface area contributed by atoms with Gasteiger partial charge in [0, 0.05) is 5.38 Å². The zero-order valence-electron chi connectivity index (χ0n) is 7.34. The molecule has 5 heteroatoms. The third kappa shape index (κ3) is 1.42. The highest BCUT2D eigenvalue weighted by molar-refractivity contribution is 7.15. The first kappa shape index (κ1) is 8.96. The minimum atomic E-state index is -0.353. The molecule has 2 heterocycles. The van der Waals surface area contributed by atoms with E-state index in [4.69, 9.17) is 4.74 Å². The molecule has 0 amide bonds. The monoisotopic (exact) mass is 208 g/mol. The Hall–Kier alpha value is -1.62. The van der Waals surface area contributed by atoms with Crippen molar-refractivity contribution in [1.29, 1.82) is 0 Å². The van der Waals surface area contributed by atoms with Gasteiger partial charge in [-0.3, -0.25) is 4.40 Å². The van der Waals surface area contributed by atoms with E-state index in [0.717, 1.165) is 4.83 Å². The second-order valence-corrected chi connectivity index (χ2v) is 3.50. The molecule has 0 unspecified atom stereocenters. The maximum absolute atomic E-state index is 11.5. The number of esters is 1. The van der Waals surface area contributed by atoms with Gasteiger partial charge in [-0.05, 0) is 0 Å². The first-order valence-electron chi connectivity index (χ1n) is 4.00. The third-order valence-corrected chi connectivity index (χ3v) is 2.58. The molecule has 0 atom stereocenters. The second kappa shape index (κ2) is 3.63. The van der Waals surface area contributed by atoms with Crippen molar-refractivity contribution >= 4 is 22.1 Å². The summed E-state index contributed by atoms with van der Waals surface area (Å²) in [6.07, 6.45) is 4.83. The van der Waals surface area contributed by atoms with Crippen molar-refractivity contribution in [1.82, 2.24) is 9.38 Å². The Morgan fingerprint density at radius 1 is 1.79 bits per heavy atom. The van der Waals surface area contributed by atoms with Crippen LogP contribution in [0.15, 0.2) is 30.6 Å². The van der Waals surface area contributed by atoms with Gasteiger partial charge in [0.25, 0.3) is 0 Å². The molecule has 0 aromatic carbocycles. The summed E-state index contributed by atoms with van der Waals surface area (Å²) in [5.41, 5.74) is 0.504. The number of ether oxygens (including phenoxy) is 1. The zero-order valence-corrected chi connectivity index (χ0v) is 8.16. The lowest BCUT2D eigenvalue weighted by Gasteiger charge is -1.99. The van der Waals surface area contributed by atoms with Crippen molar-refractivity contribution in [2.45, 2.75) is 0 Å². The second-order valence-electron chi connectivity index (χ2n) is 2.61. The van der Waals surface area contributed by atoms with E-state index in [2.05, 4.69) is 11.6 Å². The van der Waals surface area contributed by atoms with Crippen LogP contribution in [0.25, 0.3) is 4.83 Å². The molecule has 4 nitrogen and oxygen atoms in total. The Bertz CT molecular complexity index is 472. The van der Waals surface area contributed by atoms with Gasteiger partial charge in [-0.1, -0.05) is 12.7 Å². The molecular formula is C9H8N2O2S. The van der Waals surface area contributed by atoms with Gasteiger partial charge in [-0.25, -0.2) is 9.78 Å². The lowest BCUT2D eigenvalue weighted by molar-refractivity contribution is 0.0542. The number of fused-ring (bicyclic) bond motifs is 1. The van der Waals surface area contributed by atoms with E-state index in [9.17, 15) is 4.79 Å². The van der Waals surface area contributed by atoms with Gasteiger partial charge in [-0.15, -0.1) is 11.3 Å². The molecule has 0 aliphatic carbocycles. The average Bonchev–Trinajstić information content (AvgIpc) is 2.74. The van der Waals surface area contributed by atoms with Crippen LogP contribution in [0, 0.1) is 0 Å². The summed E-state index contributed by atoms with van der Waals surface area (Å²) in [5, 5.41) is 1.75. The lowest BCUT2D eigenvalue weighted by Crippen LogP contribution is -2.07. The maximum atomic E-state index is 11.5. The van der Waals surface area contributed by atoms with Gasteiger partial charge in [0.1, 0.15) is 23.5 Å². The minimum absolute atomic E-state index is 0.227. The van der Waals surface area contributed by atoms with Crippen molar-refractivity contribution in [3.05, 3.63) is 36.3 Å². The maximum Gasteiger partial charge on any atom is 0.356 e. The molecule has 0 aliphatic rings. The van der Waals surface area contributed by atoms with Crippen molar-refractivity contribution in [3.63, 3.8) is 0 Å².